The van der Waals surface area contributed by atoms with Gasteiger partial charge in [0, 0.05) is 18.0 Å². The third-order valence-corrected chi connectivity index (χ3v) is 5.08. The minimum atomic E-state index is 0.00861. The molecule has 1 saturated carbocycles. The van der Waals surface area contributed by atoms with Crippen LogP contribution < -0.4 is 10.5 Å². The van der Waals surface area contributed by atoms with Gasteiger partial charge in [-0.05, 0) is 44.6 Å². The lowest BCUT2D eigenvalue weighted by Crippen LogP contribution is -2.50. The van der Waals surface area contributed by atoms with E-state index in [1.165, 1.54) is 43.2 Å². The van der Waals surface area contributed by atoms with E-state index in [0.717, 1.165) is 12.2 Å². The molecule has 0 saturated heterocycles. The van der Waals surface area contributed by atoms with Gasteiger partial charge in [0.05, 0.1) is 0 Å². The average Bonchev–Trinajstić information content (AvgIpc) is 2.40. The number of hydrogen-bond acceptors (Lipinski definition) is 2. The fourth-order valence-corrected chi connectivity index (χ4v) is 4.05. The molecule has 2 unspecified atom stereocenters. The second-order valence-corrected chi connectivity index (χ2v) is 6.37. The highest BCUT2D eigenvalue weighted by atomic mass is 16.5. The first kappa shape index (κ1) is 13.0. The van der Waals surface area contributed by atoms with E-state index >= 15 is 0 Å². The summed E-state index contributed by atoms with van der Waals surface area (Å²) in [6, 6.07) is 6.58. The van der Waals surface area contributed by atoms with Crippen LogP contribution in [-0.2, 0) is 0 Å². The molecule has 3 atom stereocenters. The van der Waals surface area contributed by atoms with Crippen LogP contribution in [-0.4, -0.2) is 5.60 Å². The molecule has 0 bridgehead atoms. The summed E-state index contributed by atoms with van der Waals surface area (Å²) in [7, 11) is 0. The standard InChI is InChI=1S/C17H25NO/c1-3-13-6-4-5-9-17(13)11-15(18)14-10-12(2)7-8-16(14)19-17/h7-8,10,13,15H,3-6,9,11,18H2,1-2H3/t13?,15-,17?/m0/s1. The van der Waals surface area contributed by atoms with E-state index in [1.807, 2.05) is 0 Å². The highest BCUT2D eigenvalue weighted by molar-refractivity contribution is 5.41. The van der Waals surface area contributed by atoms with Gasteiger partial charge in [0.25, 0.3) is 0 Å². The van der Waals surface area contributed by atoms with Crippen molar-refractivity contribution in [1.82, 2.24) is 0 Å². The first-order valence-electron chi connectivity index (χ1n) is 7.70. The van der Waals surface area contributed by atoms with Gasteiger partial charge >= 0.3 is 0 Å². The zero-order valence-electron chi connectivity index (χ0n) is 12.1. The Hall–Kier alpha value is -1.02. The van der Waals surface area contributed by atoms with Gasteiger partial charge in [0.1, 0.15) is 11.4 Å². The molecule has 2 N–H and O–H groups in total. The molecule has 1 aromatic carbocycles. The van der Waals surface area contributed by atoms with Crippen LogP contribution in [0.1, 0.15) is 62.6 Å². The number of ether oxygens (including phenoxy) is 1. The number of fused-ring (bicyclic) bond motifs is 1. The first-order chi connectivity index (χ1) is 9.14. The monoisotopic (exact) mass is 259 g/mol. The van der Waals surface area contributed by atoms with Crippen molar-refractivity contribution in [1.29, 1.82) is 0 Å². The fraction of sp³-hybridized carbons (Fsp3) is 0.647. The van der Waals surface area contributed by atoms with Gasteiger partial charge in [-0.3, -0.25) is 0 Å². The van der Waals surface area contributed by atoms with Crippen LogP contribution in [0, 0.1) is 12.8 Å². The Labute approximate surface area is 116 Å². The minimum Gasteiger partial charge on any atom is -0.487 e. The molecule has 2 nitrogen and oxygen atoms in total. The topological polar surface area (TPSA) is 35.2 Å². The van der Waals surface area contributed by atoms with Gasteiger partial charge < -0.3 is 10.5 Å². The summed E-state index contributed by atoms with van der Waals surface area (Å²) in [5, 5.41) is 0. The van der Waals surface area contributed by atoms with Crippen molar-refractivity contribution in [2.75, 3.05) is 0 Å². The molecule has 0 radical (unpaired) electrons. The Bertz CT molecular complexity index is 470. The van der Waals surface area contributed by atoms with Gasteiger partial charge in [-0.15, -0.1) is 0 Å². The molecule has 0 amide bonds. The summed E-state index contributed by atoms with van der Waals surface area (Å²) in [5.74, 6) is 1.70. The van der Waals surface area contributed by atoms with Crippen molar-refractivity contribution in [3.8, 4) is 5.75 Å². The van der Waals surface area contributed by atoms with E-state index in [-0.39, 0.29) is 11.6 Å². The fourth-order valence-electron chi connectivity index (χ4n) is 4.05. The third kappa shape index (κ3) is 2.16. The molecule has 19 heavy (non-hydrogen) atoms. The maximum atomic E-state index is 6.51. The van der Waals surface area contributed by atoms with E-state index in [4.69, 9.17) is 10.5 Å². The molecule has 1 aliphatic heterocycles. The molecule has 1 heterocycles. The van der Waals surface area contributed by atoms with Crippen molar-refractivity contribution in [2.45, 2.75) is 64.0 Å². The highest BCUT2D eigenvalue weighted by Gasteiger charge is 2.46. The Morgan fingerprint density at radius 2 is 2.21 bits per heavy atom. The number of hydrogen-bond donors (Lipinski definition) is 1. The van der Waals surface area contributed by atoms with Crippen molar-refractivity contribution in [3.05, 3.63) is 29.3 Å². The molecular formula is C17H25NO. The van der Waals surface area contributed by atoms with Gasteiger partial charge in [-0.1, -0.05) is 31.0 Å². The molecular weight excluding hydrogens is 234 g/mol. The Morgan fingerprint density at radius 1 is 1.37 bits per heavy atom. The van der Waals surface area contributed by atoms with Gasteiger partial charge in [-0.2, -0.15) is 0 Å². The van der Waals surface area contributed by atoms with Gasteiger partial charge in [-0.25, -0.2) is 0 Å². The summed E-state index contributed by atoms with van der Waals surface area (Å²) in [4.78, 5) is 0. The third-order valence-electron chi connectivity index (χ3n) is 5.08. The Kier molecular flexibility index (Phi) is 3.30. The minimum absolute atomic E-state index is 0.00861. The Balaban J connectivity index is 1.97. The average molecular weight is 259 g/mol. The normalized spacial score (nSPS) is 33.8. The van der Waals surface area contributed by atoms with Crippen molar-refractivity contribution >= 4 is 0 Å². The van der Waals surface area contributed by atoms with Crippen molar-refractivity contribution in [3.63, 3.8) is 0 Å². The van der Waals surface area contributed by atoms with Crippen molar-refractivity contribution < 1.29 is 4.74 Å². The zero-order valence-corrected chi connectivity index (χ0v) is 12.1. The number of rotatable bonds is 1. The van der Waals surface area contributed by atoms with Crippen LogP contribution in [0.15, 0.2) is 18.2 Å². The largest absolute Gasteiger partial charge is 0.487 e. The molecule has 1 aliphatic carbocycles. The molecule has 1 aromatic rings. The number of aryl methyl sites for hydroxylation is 1. The van der Waals surface area contributed by atoms with Crippen LogP contribution in [0.2, 0.25) is 0 Å². The SMILES string of the molecule is CCC1CCCCC12C[C@H](N)c1cc(C)ccc1O2. The second kappa shape index (κ2) is 4.82. The van der Waals surface area contributed by atoms with Gasteiger partial charge in [0.15, 0.2) is 0 Å². The van der Waals surface area contributed by atoms with E-state index in [9.17, 15) is 0 Å². The molecule has 0 aromatic heterocycles. The second-order valence-electron chi connectivity index (χ2n) is 6.37. The maximum absolute atomic E-state index is 6.51. The first-order valence-corrected chi connectivity index (χ1v) is 7.70. The predicted octanol–water partition coefficient (Wildman–Crippen LogP) is 4.12. The van der Waals surface area contributed by atoms with Crippen LogP contribution in [0.3, 0.4) is 0 Å². The highest BCUT2D eigenvalue weighted by Crippen LogP contribution is 2.49. The quantitative estimate of drug-likeness (QED) is 0.823. The lowest BCUT2D eigenvalue weighted by molar-refractivity contribution is -0.0490. The van der Waals surface area contributed by atoms with Crippen LogP contribution in [0.4, 0.5) is 0 Å². The van der Waals surface area contributed by atoms with E-state index in [1.54, 1.807) is 0 Å². The lowest BCUT2D eigenvalue weighted by Gasteiger charge is -2.48. The summed E-state index contributed by atoms with van der Waals surface area (Å²) in [6.45, 7) is 4.41. The summed E-state index contributed by atoms with van der Waals surface area (Å²) < 4.78 is 6.51. The number of nitrogens with two attached hydrogens (primary N) is 1. The molecule has 2 aliphatic rings. The van der Waals surface area contributed by atoms with E-state index in [2.05, 4.69) is 32.0 Å². The lowest BCUT2D eigenvalue weighted by atomic mass is 9.69. The summed E-state index contributed by atoms with van der Waals surface area (Å²) >= 11 is 0. The molecule has 1 fully saturated rings. The Morgan fingerprint density at radius 3 is 3.00 bits per heavy atom. The molecule has 2 heteroatoms. The smallest absolute Gasteiger partial charge is 0.124 e. The molecule has 104 valence electrons. The zero-order chi connectivity index (χ0) is 13.5. The van der Waals surface area contributed by atoms with E-state index < -0.39 is 0 Å². The maximum Gasteiger partial charge on any atom is 0.124 e. The van der Waals surface area contributed by atoms with Gasteiger partial charge in [0.2, 0.25) is 0 Å². The predicted molar refractivity (Wildman–Crippen MR) is 78.3 cm³/mol. The molecule has 1 spiro atoms. The molecule has 3 rings (SSSR count). The van der Waals surface area contributed by atoms with Crippen LogP contribution in [0.25, 0.3) is 0 Å². The van der Waals surface area contributed by atoms with Crippen LogP contribution in [0.5, 0.6) is 5.75 Å². The van der Waals surface area contributed by atoms with Crippen LogP contribution >= 0.6 is 0 Å². The van der Waals surface area contributed by atoms with E-state index in [0.29, 0.717) is 5.92 Å². The number of benzene rings is 1. The van der Waals surface area contributed by atoms with Crippen molar-refractivity contribution in [2.24, 2.45) is 11.7 Å². The summed E-state index contributed by atoms with van der Waals surface area (Å²) in [6.07, 6.45) is 7.29. The summed E-state index contributed by atoms with van der Waals surface area (Å²) in [5.41, 5.74) is 8.93.